The highest BCUT2D eigenvalue weighted by Crippen LogP contribution is 2.09. The fourth-order valence-corrected chi connectivity index (χ4v) is 1.73. The van der Waals surface area contributed by atoms with Crippen LogP contribution in [0.1, 0.15) is 11.1 Å². The van der Waals surface area contributed by atoms with Crippen molar-refractivity contribution in [1.29, 1.82) is 0 Å². The van der Waals surface area contributed by atoms with Crippen molar-refractivity contribution >= 4 is 11.6 Å². The lowest BCUT2D eigenvalue weighted by molar-refractivity contribution is -0.120. The zero-order valence-electron chi connectivity index (χ0n) is 10.1. The molecule has 0 aromatic heterocycles. The van der Waals surface area contributed by atoms with E-state index in [0.717, 1.165) is 11.1 Å². The molecule has 0 aliphatic carbocycles. The van der Waals surface area contributed by atoms with Crippen molar-refractivity contribution < 1.29 is 4.79 Å². The highest BCUT2D eigenvalue weighted by Gasteiger charge is 2.04. The molecule has 0 radical (unpaired) electrons. The van der Waals surface area contributed by atoms with Crippen molar-refractivity contribution in [1.82, 2.24) is 5.32 Å². The number of nitrogens with one attached hydrogen (secondary N) is 1. The maximum Gasteiger partial charge on any atom is 0.224 e. The topological polar surface area (TPSA) is 55.1 Å². The number of nitrogen functional groups attached to an aromatic ring is 1. The summed E-state index contributed by atoms with van der Waals surface area (Å²) in [6.45, 7) is 0.471. The zero-order chi connectivity index (χ0) is 12.8. The number of hydrogen-bond acceptors (Lipinski definition) is 2. The Morgan fingerprint density at radius 1 is 1.00 bits per heavy atom. The number of carbonyl (C=O) groups is 1. The SMILES string of the molecule is Nc1ccccc1CNC(=O)Cc1ccccc1. The second kappa shape index (κ2) is 5.87. The molecule has 0 saturated carbocycles. The molecule has 18 heavy (non-hydrogen) atoms. The number of carbonyl (C=O) groups excluding carboxylic acids is 1. The molecule has 2 aromatic rings. The number of amides is 1. The highest BCUT2D eigenvalue weighted by atomic mass is 16.1. The van der Waals surface area contributed by atoms with Crippen LogP contribution in [0.25, 0.3) is 0 Å². The van der Waals surface area contributed by atoms with E-state index in [4.69, 9.17) is 5.73 Å². The third kappa shape index (κ3) is 3.35. The number of rotatable bonds is 4. The van der Waals surface area contributed by atoms with Crippen molar-refractivity contribution in [3.05, 3.63) is 65.7 Å². The van der Waals surface area contributed by atoms with Gasteiger partial charge in [0, 0.05) is 12.2 Å². The molecule has 0 atom stereocenters. The molecule has 1 amide bonds. The Bertz CT molecular complexity index is 523. The minimum absolute atomic E-state index is 0.00412. The van der Waals surface area contributed by atoms with Crippen LogP contribution in [-0.4, -0.2) is 5.91 Å². The summed E-state index contributed by atoms with van der Waals surface area (Å²) in [5.74, 6) is 0.00412. The maximum absolute atomic E-state index is 11.7. The van der Waals surface area contributed by atoms with Crippen LogP contribution < -0.4 is 11.1 Å². The Hall–Kier alpha value is -2.29. The van der Waals surface area contributed by atoms with Crippen LogP contribution in [0.4, 0.5) is 5.69 Å². The van der Waals surface area contributed by atoms with Gasteiger partial charge in [-0.1, -0.05) is 48.5 Å². The average Bonchev–Trinajstić information content (AvgIpc) is 2.39. The number of nitrogens with two attached hydrogens (primary N) is 1. The summed E-state index contributed by atoms with van der Waals surface area (Å²) in [5.41, 5.74) is 8.47. The van der Waals surface area contributed by atoms with Crippen LogP contribution in [0.5, 0.6) is 0 Å². The molecule has 0 unspecified atom stereocenters. The summed E-state index contributed by atoms with van der Waals surface area (Å²) in [4.78, 5) is 11.7. The first-order valence-electron chi connectivity index (χ1n) is 5.90. The van der Waals surface area contributed by atoms with Crippen LogP contribution in [0.2, 0.25) is 0 Å². The van der Waals surface area contributed by atoms with Gasteiger partial charge in [-0.05, 0) is 17.2 Å². The number of hydrogen-bond donors (Lipinski definition) is 2. The van der Waals surface area contributed by atoms with Crippen LogP contribution >= 0.6 is 0 Å². The van der Waals surface area contributed by atoms with E-state index in [1.54, 1.807) is 0 Å². The Labute approximate surface area is 107 Å². The molecular weight excluding hydrogens is 224 g/mol. The van der Waals surface area contributed by atoms with Crippen molar-refractivity contribution in [2.24, 2.45) is 0 Å². The molecule has 0 aliphatic rings. The van der Waals surface area contributed by atoms with E-state index in [2.05, 4.69) is 5.32 Å². The minimum Gasteiger partial charge on any atom is -0.398 e. The van der Waals surface area contributed by atoms with E-state index in [0.29, 0.717) is 18.7 Å². The molecule has 0 heterocycles. The van der Waals surface area contributed by atoms with Crippen LogP contribution in [0, 0.1) is 0 Å². The van der Waals surface area contributed by atoms with Crippen molar-refractivity contribution in [3.63, 3.8) is 0 Å². The normalized spacial score (nSPS) is 10.0. The summed E-state index contributed by atoms with van der Waals surface area (Å²) >= 11 is 0. The van der Waals surface area contributed by atoms with E-state index in [-0.39, 0.29) is 5.91 Å². The zero-order valence-corrected chi connectivity index (χ0v) is 10.1. The fourth-order valence-electron chi connectivity index (χ4n) is 1.73. The van der Waals surface area contributed by atoms with Gasteiger partial charge >= 0.3 is 0 Å². The van der Waals surface area contributed by atoms with Gasteiger partial charge in [0.15, 0.2) is 0 Å². The molecule has 2 aromatic carbocycles. The standard InChI is InChI=1S/C15H16N2O/c16-14-9-5-4-8-13(14)11-17-15(18)10-12-6-2-1-3-7-12/h1-9H,10-11,16H2,(H,17,18). The van der Waals surface area contributed by atoms with Gasteiger partial charge in [-0.25, -0.2) is 0 Å². The number of benzene rings is 2. The summed E-state index contributed by atoms with van der Waals surface area (Å²) in [6.07, 6.45) is 0.396. The van der Waals surface area contributed by atoms with Gasteiger partial charge < -0.3 is 11.1 Å². The third-order valence-electron chi connectivity index (χ3n) is 2.74. The number of para-hydroxylation sites is 1. The molecule has 3 heteroatoms. The molecular formula is C15H16N2O. The van der Waals surface area contributed by atoms with Gasteiger partial charge in [0.05, 0.1) is 6.42 Å². The molecule has 0 fully saturated rings. The average molecular weight is 240 g/mol. The summed E-state index contributed by atoms with van der Waals surface area (Å²) in [5, 5.41) is 2.87. The van der Waals surface area contributed by atoms with Gasteiger partial charge in [0.1, 0.15) is 0 Å². The first kappa shape index (κ1) is 12.2. The van der Waals surface area contributed by atoms with E-state index >= 15 is 0 Å². The lowest BCUT2D eigenvalue weighted by Crippen LogP contribution is -2.24. The van der Waals surface area contributed by atoms with Crippen molar-refractivity contribution in [3.8, 4) is 0 Å². The molecule has 3 nitrogen and oxygen atoms in total. The van der Waals surface area contributed by atoms with E-state index in [1.807, 2.05) is 54.6 Å². The van der Waals surface area contributed by atoms with Gasteiger partial charge in [-0.3, -0.25) is 4.79 Å². The monoisotopic (exact) mass is 240 g/mol. The smallest absolute Gasteiger partial charge is 0.224 e. The van der Waals surface area contributed by atoms with Gasteiger partial charge in [-0.15, -0.1) is 0 Å². The predicted molar refractivity (Wildman–Crippen MR) is 72.8 cm³/mol. The van der Waals surface area contributed by atoms with Gasteiger partial charge in [0.2, 0.25) is 5.91 Å². The molecule has 0 bridgehead atoms. The molecule has 3 N–H and O–H groups in total. The van der Waals surface area contributed by atoms with Crippen molar-refractivity contribution in [2.75, 3.05) is 5.73 Å². The first-order chi connectivity index (χ1) is 8.75. The summed E-state index contributed by atoms with van der Waals surface area (Å²) in [7, 11) is 0. The molecule has 0 saturated heterocycles. The van der Waals surface area contributed by atoms with Crippen LogP contribution in [0.15, 0.2) is 54.6 Å². The Kier molecular flexibility index (Phi) is 3.97. The van der Waals surface area contributed by atoms with Crippen LogP contribution in [0.3, 0.4) is 0 Å². The molecule has 0 aliphatic heterocycles. The third-order valence-corrected chi connectivity index (χ3v) is 2.74. The molecule has 2 rings (SSSR count). The Balaban J connectivity index is 1.88. The summed E-state index contributed by atoms with van der Waals surface area (Å²) in [6, 6.07) is 17.2. The second-order valence-corrected chi connectivity index (χ2v) is 4.14. The highest BCUT2D eigenvalue weighted by molar-refractivity contribution is 5.78. The van der Waals surface area contributed by atoms with Gasteiger partial charge in [0.25, 0.3) is 0 Å². The predicted octanol–water partition coefficient (Wildman–Crippen LogP) is 2.13. The van der Waals surface area contributed by atoms with Crippen molar-refractivity contribution in [2.45, 2.75) is 13.0 Å². The maximum atomic E-state index is 11.7. The van der Waals surface area contributed by atoms with E-state index in [9.17, 15) is 4.79 Å². The van der Waals surface area contributed by atoms with E-state index < -0.39 is 0 Å². The lowest BCUT2D eigenvalue weighted by Gasteiger charge is -2.07. The second-order valence-electron chi connectivity index (χ2n) is 4.14. The lowest BCUT2D eigenvalue weighted by atomic mass is 10.1. The number of anilines is 1. The largest absolute Gasteiger partial charge is 0.398 e. The summed E-state index contributed by atoms with van der Waals surface area (Å²) < 4.78 is 0. The van der Waals surface area contributed by atoms with E-state index in [1.165, 1.54) is 0 Å². The Morgan fingerprint density at radius 3 is 2.39 bits per heavy atom. The molecule has 0 spiro atoms. The van der Waals surface area contributed by atoms with Crippen LogP contribution in [-0.2, 0) is 17.8 Å². The first-order valence-corrected chi connectivity index (χ1v) is 5.90. The Morgan fingerprint density at radius 2 is 1.67 bits per heavy atom. The fraction of sp³-hybridized carbons (Fsp3) is 0.133. The quantitative estimate of drug-likeness (QED) is 0.804. The molecule has 92 valence electrons. The minimum atomic E-state index is 0.00412. The van der Waals surface area contributed by atoms with Gasteiger partial charge in [-0.2, -0.15) is 0 Å².